The molecule has 2 unspecified atom stereocenters. The second-order valence-electron chi connectivity index (χ2n) is 5.97. The second kappa shape index (κ2) is 6.35. The van der Waals surface area contributed by atoms with Gasteiger partial charge in [0.15, 0.2) is 9.84 Å². The van der Waals surface area contributed by atoms with Crippen molar-refractivity contribution >= 4 is 9.84 Å². The second-order valence-corrected chi connectivity index (χ2v) is 8.20. The van der Waals surface area contributed by atoms with Gasteiger partial charge in [0.1, 0.15) is 0 Å². The fourth-order valence-corrected chi connectivity index (χ4v) is 4.69. The van der Waals surface area contributed by atoms with Crippen LogP contribution in [0.1, 0.15) is 32.6 Å². The van der Waals surface area contributed by atoms with Crippen molar-refractivity contribution in [2.24, 2.45) is 5.92 Å². The van der Waals surface area contributed by atoms with Crippen LogP contribution in [0.5, 0.6) is 0 Å². The summed E-state index contributed by atoms with van der Waals surface area (Å²) in [5.74, 6) is 1.32. The molecule has 2 rings (SSSR count). The van der Waals surface area contributed by atoms with E-state index in [2.05, 4.69) is 17.1 Å². The van der Waals surface area contributed by atoms with Crippen molar-refractivity contribution in [3.8, 4) is 0 Å². The Hall–Kier alpha value is -0.130. The molecule has 0 aliphatic carbocycles. The van der Waals surface area contributed by atoms with E-state index in [1.807, 2.05) is 0 Å². The lowest BCUT2D eigenvalue weighted by Crippen LogP contribution is -2.43. The predicted molar refractivity (Wildman–Crippen MR) is 74.5 cm³/mol. The highest BCUT2D eigenvalue weighted by Crippen LogP contribution is 2.13. The first kappa shape index (κ1) is 14.3. The van der Waals surface area contributed by atoms with E-state index in [0.29, 0.717) is 17.4 Å². The summed E-state index contributed by atoms with van der Waals surface area (Å²) in [7, 11) is -2.78. The van der Waals surface area contributed by atoms with Crippen LogP contribution in [-0.4, -0.2) is 57.0 Å². The molecular weight excluding hydrogens is 248 g/mol. The highest BCUT2D eigenvalue weighted by Gasteiger charge is 2.24. The van der Waals surface area contributed by atoms with Crippen molar-refractivity contribution in [2.45, 2.75) is 38.6 Å². The first-order valence-electron chi connectivity index (χ1n) is 7.21. The van der Waals surface area contributed by atoms with E-state index < -0.39 is 9.84 Å². The van der Waals surface area contributed by atoms with Gasteiger partial charge < -0.3 is 10.2 Å². The maximum atomic E-state index is 11.5. The van der Waals surface area contributed by atoms with Gasteiger partial charge in [-0.15, -0.1) is 0 Å². The fourth-order valence-electron chi connectivity index (χ4n) is 3.02. The maximum absolute atomic E-state index is 11.5. The average Bonchev–Trinajstić information content (AvgIpc) is 2.78. The molecule has 2 fully saturated rings. The molecule has 0 aromatic rings. The van der Waals surface area contributed by atoms with Gasteiger partial charge in [-0.25, -0.2) is 8.42 Å². The van der Waals surface area contributed by atoms with Crippen molar-refractivity contribution < 1.29 is 8.42 Å². The maximum Gasteiger partial charge on any atom is 0.151 e. The number of nitrogens with one attached hydrogen (secondary N) is 1. The molecule has 5 heteroatoms. The zero-order chi connectivity index (χ0) is 13.0. The summed E-state index contributed by atoms with van der Waals surface area (Å²) < 4.78 is 23.1. The van der Waals surface area contributed by atoms with Gasteiger partial charge in [-0.3, -0.25) is 0 Å². The molecule has 106 valence electrons. The molecule has 2 heterocycles. The number of likely N-dealkylation sites (tertiary alicyclic amines) is 1. The van der Waals surface area contributed by atoms with E-state index in [1.54, 1.807) is 0 Å². The molecule has 0 amide bonds. The Bertz CT molecular complexity index is 350. The Kier molecular flexibility index (Phi) is 5.04. The van der Waals surface area contributed by atoms with Crippen LogP contribution in [0.3, 0.4) is 0 Å². The summed E-state index contributed by atoms with van der Waals surface area (Å²) in [5, 5.41) is 3.45. The van der Waals surface area contributed by atoms with Crippen LogP contribution in [0.15, 0.2) is 0 Å². The Morgan fingerprint density at radius 3 is 2.67 bits per heavy atom. The molecule has 0 radical (unpaired) electrons. The van der Waals surface area contributed by atoms with Crippen LogP contribution in [0.25, 0.3) is 0 Å². The lowest BCUT2D eigenvalue weighted by Gasteiger charge is -2.26. The van der Waals surface area contributed by atoms with Gasteiger partial charge in [0.2, 0.25) is 0 Å². The van der Waals surface area contributed by atoms with E-state index in [0.717, 1.165) is 25.9 Å². The summed E-state index contributed by atoms with van der Waals surface area (Å²) in [6.45, 7) is 6.82. The standard InChI is InChI=1S/C13H26N2O2S/c1-12(10-15-6-2-3-7-15)9-14-13-5-4-8-18(16,17)11-13/h12-14H,2-11H2,1H3. The minimum absolute atomic E-state index is 0.185. The summed E-state index contributed by atoms with van der Waals surface area (Å²) in [6.07, 6.45) is 4.50. The van der Waals surface area contributed by atoms with E-state index in [4.69, 9.17) is 0 Å². The van der Waals surface area contributed by atoms with E-state index in [-0.39, 0.29) is 6.04 Å². The number of hydrogen-bond donors (Lipinski definition) is 1. The van der Waals surface area contributed by atoms with Gasteiger partial charge in [-0.05, 0) is 51.2 Å². The minimum atomic E-state index is -2.78. The molecule has 0 spiro atoms. The number of sulfone groups is 1. The third-order valence-electron chi connectivity index (χ3n) is 3.99. The zero-order valence-electron chi connectivity index (χ0n) is 11.4. The van der Waals surface area contributed by atoms with Gasteiger partial charge >= 0.3 is 0 Å². The normalized spacial score (nSPS) is 30.4. The number of nitrogens with zero attached hydrogens (tertiary/aromatic N) is 1. The topological polar surface area (TPSA) is 49.4 Å². The van der Waals surface area contributed by atoms with Crippen LogP contribution in [-0.2, 0) is 9.84 Å². The van der Waals surface area contributed by atoms with Crippen LogP contribution in [0.2, 0.25) is 0 Å². The van der Waals surface area contributed by atoms with Crippen LogP contribution in [0, 0.1) is 5.92 Å². The molecular formula is C13H26N2O2S. The lowest BCUT2D eigenvalue weighted by molar-refractivity contribution is 0.277. The van der Waals surface area contributed by atoms with Crippen molar-refractivity contribution in [2.75, 3.05) is 37.7 Å². The molecule has 0 bridgehead atoms. The smallest absolute Gasteiger partial charge is 0.151 e. The zero-order valence-corrected chi connectivity index (χ0v) is 12.2. The minimum Gasteiger partial charge on any atom is -0.313 e. The van der Waals surface area contributed by atoms with Crippen LogP contribution >= 0.6 is 0 Å². The quantitative estimate of drug-likeness (QED) is 0.809. The van der Waals surface area contributed by atoms with E-state index >= 15 is 0 Å². The Morgan fingerprint density at radius 1 is 1.28 bits per heavy atom. The Labute approximate surface area is 111 Å². The first-order valence-corrected chi connectivity index (χ1v) is 9.03. The van der Waals surface area contributed by atoms with Crippen molar-refractivity contribution in [1.82, 2.24) is 10.2 Å². The summed E-state index contributed by atoms with van der Waals surface area (Å²) in [5.41, 5.74) is 0. The van der Waals surface area contributed by atoms with Gasteiger partial charge in [0, 0.05) is 12.6 Å². The third-order valence-corrected chi connectivity index (χ3v) is 5.81. The van der Waals surface area contributed by atoms with Crippen molar-refractivity contribution in [1.29, 1.82) is 0 Å². The molecule has 18 heavy (non-hydrogen) atoms. The third kappa shape index (κ3) is 4.52. The largest absolute Gasteiger partial charge is 0.313 e. The monoisotopic (exact) mass is 274 g/mol. The number of rotatable bonds is 5. The van der Waals surface area contributed by atoms with Crippen molar-refractivity contribution in [3.05, 3.63) is 0 Å². The summed E-state index contributed by atoms with van der Waals surface area (Å²) >= 11 is 0. The van der Waals surface area contributed by atoms with Crippen LogP contribution < -0.4 is 5.32 Å². The van der Waals surface area contributed by atoms with Gasteiger partial charge in [0.25, 0.3) is 0 Å². The van der Waals surface area contributed by atoms with Gasteiger partial charge in [0.05, 0.1) is 11.5 Å². The summed E-state index contributed by atoms with van der Waals surface area (Å²) in [4.78, 5) is 2.52. The number of hydrogen-bond acceptors (Lipinski definition) is 4. The molecule has 1 N–H and O–H groups in total. The molecule has 0 aromatic heterocycles. The summed E-state index contributed by atoms with van der Waals surface area (Å²) in [6, 6.07) is 0.185. The lowest BCUT2D eigenvalue weighted by atomic mass is 10.1. The highest BCUT2D eigenvalue weighted by molar-refractivity contribution is 7.91. The molecule has 2 saturated heterocycles. The van der Waals surface area contributed by atoms with E-state index in [9.17, 15) is 8.42 Å². The van der Waals surface area contributed by atoms with Crippen molar-refractivity contribution in [3.63, 3.8) is 0 Å². The van der Waals surface area contributed by atoms with Gasteiger partial charge in [-0.1, -0.05) is 6.92 Å². The molecule has 2 aliphatic rings. The SMILES string of the molecule is CC(CNC1CCCS(=O)(=O)C1)CN1CCCC1. The Balaban J connectivity index is 1.67. The van der Waals surface area contributed by atoms with Crippen LogP contribution in [0.4, 0.5) is 0 Å². The highest BCUT2D eigenvalue weighted by atomic mass is 32.2. The average molecular weight is 274 g/mol. The fraction of sp³-hybridized carbons (Fsp3) is 1.00. The molecule has 0 saturated carbocycles. The molecule has 0 aromatic carbocycles. The molecule has 2 aliphatic heterocycles. The first-order chi connectivity index (χ1) is 8.55. The Morgan fingerprint density at radius 2 is 2.00 bits per heavy atom. The van der Waals surface area contributed by atoms with Gasteiger partial charge in [-0.2, -0.15) is 0 Å². The van der Waals surface area contributed by atoms with E-state index in [1.165, 1.54) is 25.9 Å². The predicted octanol–water partition coefficient (Wildman–Crippen LogP) is 0.885. The molecule has 4 nitrogen and oxygen atoms in total. The molecule has 2 atom stereocenters.